The number of imide groups is 1. The molecule has 0 radical (unpaired) electrons. The molecular weight excluding hydrogens is 390 g/mol. The normalized spacial score (nSPS) is 32.1. The minimum Gasteiger partial charge on any atom is -0.326 e. The van der Waals surface area contributed by atoms with Crippen LogP contribution in [0.25, 0.3) is 0 Å². The Balaban J connectivity index is 1.47. The Morgan fingerprint density at radius 1 is 0.935 bits per heavy atom. The van der Waals surface area contributed by atoms with Gasteiger partial charge >= 0.3 is 0 Å². The third-order valence-corrected chi connectivity index (χ3v) is 7.81. The highest BCUT2D eigenvalue weighted by atomic mass is 16.2. The molecule has 6 nitrogen and oxygen atoms in total. The van der Waals surface area contributed by atoms with Gasteiger partial charge in [-0.15, -0.1) is 0 Å². The second kappa shape index (κ2) is 6.76. The number of anilines is 1. The van der Waals surface area contributed by atoms with Crippen molar-refractivity contribution in [1.29, 1.82) is 0 Å². The predicted octanol–water partition coefficient (Wildman–Crippen LogP) is 1.57. The lowest BCUT2D eigenvalue weighted by Gasteiger charge is -2.28. The summed E-state index contributed by atoms with van der Waals surface area (Å²) < 4.78 is 0. The summed E-state index contributed by atoms with van der Waals surface area (Å²) >= 11 is 0. The van der Waals surface area contributed by atoms with E-state index in [-0.39, 0.29) is 29.8 Å². The first-order valence-electron chi connectivity index (χ1n) is 11.3. The number of hydrogen-bond acceptors (Lipinski definition) is 3. The molecule has 3 heterocycles. The van der Waals surface area contributed by atoms with Gasteiger partial charge in [-0.3, -0.25) is 19.3 Å². The van der Waals surface area contributed by atoms with Gasteiger partial charge in [0, 0.05) is 18.0 Å². The molecule has 1 spiro atoms. The van der Waals surface area contributed by atoms with Gasteiger partial charge < -0.3 is 10.6 Å². The third kappa shape index (κ3) is 2.51. The first kappa shape index (κ1) is 18.8. The number of nitrogens with two attached hydrogens (primary N) is 1. The average Bonchev–Trinajstić information content (AvgIpc) is 3.52. The smallest absolute Gasteiger partial charge is 0.291 e. The van der Waals surface area contributed by atoms with Gasteiger partial charge in [0.1, 0.15) is 17.9 Å². The van der Waals surface area contributed by atoms with Crippen molar-refractivity contribution in [1.82, 2.24) is 4.90 Å². The molecule has 0 unspecified atom stereocenters. The van der Waals surface area contributed by atoms with Crippen molar-refractivity contribution in [3.63, 3.8) is 0 Å². The van der Waals surface area contributed by atoms with Crippen LogP contribution in [-0.4, -0.2) is 34.7 Å². The Morgan fingerprint density at radius 3 is 2.42 bits per heavy atom. The van der Waals surface area contributed by atoms with E-state index in [1.807, 2.05) is 59.9 Å². The van der Waals surface area contributed by atoms with Gasteiger partial charge in [0.05, 0.1) is 5.69 Å². The van der Waals surface area contributed by atoms with Crippen LogP contribution >= 0.6 is 0 Å². The van der Waals surface area contributed by atoms with Crippen molar-refractivity contribution in [2.45, 2.75) is 49.7 Å². The van der Waals surface area contributed by atoms with Crippen LogP contribution in [0.5, 0.6) is 0 Å². The molecule has 3 amide bonds. The zero-order chi connectivity index (χ0) is 21.2. The number of fused-ring (bicyclic) bond motifs is 4. The van der Waals surface area contributed by atoms with Crippen LogP contribution in [0.1, 0.15) is 36.8 Å². The molecule has 4 aliphatic rings. The highest BCUT2D eigenvalue weighted by Crippen LogP contribution is 2.50. The average molecular weight is 417 g/mol. The lowest BCUT2D eigenvalue weighted by molar-refractivity contribution is -0.733. The molecule has 6 rings (SSSR count). The van der Waals surface area contributed by atoms with Crippen molar-refractivity contribution < 1.29 is 19.7 Å². The topological polar surface area (TPSA) is 83.1 Å². The molecule has 31 heavy (non-hydrogen) atoms. The third-order valence-electron chi connectivity index (χ3n) is 7.81. The maximum Gasteiger partial charge on any atom is 0.291 e. The lowest BCUT2D eigenvalue weighted by Crippen LogP contribution is -2.99. The van der Waals surface area contributed by atoms with Crippen LogP contribution < -0.4 is 10.6 Å². The number of quaternary nitrogens is 1. The van der Waals surface area contributed by atoms with Gasteiger partial charge in [-0.2, -0.15) is 0 Å². The van der Waals surface area contributed by atoms with E-state index in [4.69, 9.17) is 0 Å². The molecule has 2 aromatic carbocycles. The number of amides is 3. The summed E-state index contributed by atoms with van der Waals surface area (Å²) in [5.41, 5.74) is 1.63. The summed E-state index contributed by atoms with van der Waals surface area (Å²) in [7, 11) is 0. The van der Waals surface area contributed by atoms with Crippen molar-refractivity contribution in [3.05, 3.63) is 65.7 Å². The van der Waals surface area contributed by atoms with Crippen LogP contribution in [0, 0.1) is 11.8 Å². The number of hydrogen-bond donors (Lipinski definition) is 2. The van der Waals surface area contributed by atoms with Gasteiger partial charge in [-0.1, -0.05) is 61.4 Å². The molecule has 6 heteroatoms. The maximum atomic E-state index is 13.8. The fraction of sp³-hybridized carbons (Fsp3) is 0.400. The van der Waals surface area contributed by atoms with Crippen LogP contribution in [0.4, 0.5) is 5.69 Å². The van der Waals surface area contributed by atoms with E-state index in [1.165, 1.54) is 0 Å². The lowest BCUT2D eigenvalue weighted by atomic mass is 9.76. The Bertz CT molecular complexity index is 1080. The van der Waals surface area contributed by atoms with E-state index in [1.54, 1.807) is 4.90 Å². The first-order valence-corrected chi connectivity index (χ1v) is 11.3. The van der Waals surface area contributed by atoms with Crippen LogP contribution in [0.2, 0.25) is 0 Å². The highest BCUT2D eigenvalue weighted by molar-refractivity contribution is 6.14. The number of benzene rings is 2. The van der Waals surface area contributed by atoms with Crippen LogP contribution in [0.15, 0.2) is 54.6 Å². The van der Waals surface area contributed by atoms with E-state index in [9.17, 15) is 14.4 Å². The molecular formula is C25H26N3O3+. The van der Waals surface area contributed by atoms with Gasteiger partial charge in [-0.05, 0) is 24.5 Å². The number of nitrogens with one attached hydrogen (secondary N) is 1. The minimum absolute atomic E-state index is 0.0141. The van der Waals surface area contributed by atoms with Crippen LogP contribution in [-0.2, 0) is 26.3 Å². The molecule has 1 aliphatic carbocycles. The predicted molar refractivity (Wildman–Crippen MR) is 114 cm³/mol. The monoisotopic (exact) mass is 416 g/mol. The second-order valence-corrected chi connectivity index (χ2v) is 9.38. The molecule has 3 fully saturated rings. The van der Waals surface area contributed by atoms with E-state index in [0.29, 0.717) is 6.42 Å². The highest BCUT2D eigenvalue weighted by Gasteiger charge is 2.74. The molecule has 0 aromatic heterocycles. The molecule has 4 atom stereocenters. The van der Waals surface area contributed by atoms with Gasteiger partial charge in [-0.25, -0.2) is 0 Å². The number of carbonyl (C=O) groups excluding carboxylic acids is 3. The Morgan fingerprint density at radius 2 is 1.65 bits per heavy atom. The Hall–Kier alpha value is -2.99. The first-order chi connectivity index (χ1) is 15.1. The van der Waals surface area contributed by atoms with Crippen molar-refractivity contribution in [2.75, 3.05) is 5.32 Å². The summed E-state index contributed by atoms with van der Waals surface area (Å²) in [5, 5.41) is 5.02. The molecule has 0 bridgehead atoms. The molecule has 158 valence electrons. The number of rotatable bonds is 3. The van der Waals surface area contributed by atoms with Crippen LogP contribution in [0.3, 0.4) is 0 Å². The van der Waals surface area contributed by atoms with Gasteiger partial charge in [0.2, 0.25) is 17.4 Å². The number of para-hydroxylation sites is 1. The Kier molecular flexibility index (Phi) is 4.09. The fourth-order valence-corrected chi connectivity index (χ4v) is 6.54. The van der Waals surface area contributed by atoms with E-state index >= 15 is 0 Å². The quantitative estimate of drug-likeness (QED) is 0.745. The largest absolute Gasteiger partial charge is 0.326 e. The summed E-state index contributed by atoms with van der Waals surface area (Å²) in [6.45, 7) is 0. The summed E-state index contributed by atoms with van der Waals surface area (Å²) in [6.07, 6.45) is 4.49. The molecule has 3 aliphatic heterocycles. The van der Waals surface area contributed by atoms with Gasteiger partial charge in [0.25, 0.3) is 5.91 Å². The molecule has 1 saturated carbocycles. The standard InChI is InChI=1S/C25H25N3O3/c29-22-20-19(14-15-8-2-1-3-9-15)27-25(17-12-6-7-13-18(17)26-24(25)31)21(20)23(30)28(22)16-10-4-5-11-16/h1-3,6-9,12-13,16,19-21,27H,4-5,10-11,14H2,(H,26,31)/p+1/t19-,20+,21+,25-/m0/s1. The maximum absolute atomic E-state index is 13.8. The van der Waals surface area contributed by atoms with Gasteiger partial charge in [0.15, 0.2) is 0 Å². The summed E-state index contributed by atoms with van der Waals surface area (Å²) in [5.74, 6) is -1.54. The second-order valence-electron chi connectivity index (χ2n) is 9.38. The molecule has 2 saturated heterocycles. The SMILES string of the molecule is O=C1[C@@H]2[C@H](Cc3ccccc3)[NH2+][C@]3(C(=O)Nc4ccccc43)[C@H]2C(=O)N1C1CCCC1. The van der Waals surface area contributed by atoms with E-state index < -0.39 is 17.4 Å². The Labute approximate surface area is 181 Å². The zero-order valence-corrected chi connectivity index (χ0v) is 17.3. The summed E-state index contributed by atoms with van der Waals surface area (Å²) in [6, 6.07) is 17.5. The number of carbonyl (C=O) groups is 3. The van der Waals surface area contributed by atoms with E-state index in [0.717, 1.165) is 42.5 Å². The van der Waals surface area contributed by atoms with E-state index in [2.05, 4.69) is 5.32 Å². The number of nitrogens with zero attached hydrogens (tertiary/aromatic N) is 1. The zero-order valence-electron chi connectivity index (χ0n) is 17.3. The number of likely N-dealkylation sites (tertiary alicyclic amines) is 1. The van der Waals surface area contributed by atoms with Crippen molar-refractivity contribution >= 4 is 23.4 Å². The van der Waals surface area contributed by atoms with Crippen molar-refractivity contribution in [2.24, 2.45) is 11.8 Å². The fourth-order valence-electron chi connectivity index (χ4n) is 6.54. The minimum atomic E-state index is -1.07. The van der Waals surface area contributed by atoms with Crippen molar-refractivity contribution in [3.8, 4) is 0 Å². The molecule has 2 aromatic rings. The summed E-state index contributed by atoms with van der Waals surface area (Å²) in [4.78, 5) is 42.5. The molecule has 3 N–H and O–H groups in total.